The molecule has 5 heteroatoms. The average Bonchev–Trinajstić information content (AvgIpc) is 2.57. The van der Waals surface area contributed by atoms with Crippen molar-refractivity contribution < 1.29 is 0 Å². The lowest BCUT2D eigenvalue weighted by Crippen LogP contribution is -2.23. The summed E-state index contributed by atoms with van der Waals surface area (Å²) < 4.78 is 0. The number of aromatic nitrogens is 1. The number of halogens is 2. The Hall–Kier alpha value is -0.800. The average molecular weight is 230 g/mol. The number of amidine groups is 1. The fourth-order valence-electron chi connectivity index (χ4n) is 1.39. The molecule has 0 spiro atoms. The van der Waals surface area contributed by atoms with E-state index in [4.69, 9.17) is 23.2 Å². The van der Waals surface area contributed by atoms with E-state index in [0.717, 1.165) is 24.5 Å². The van der Waals surface area contributed by atoms with Crippen molar-refractivity contribution in [3.63, 3.8) is 0 Å². The second-order valence-electron chi connectivity index (χ2n) is 3.12. The van der Waals surface area contributed by atoms with Gasteiger partial charge < -0.3 is 4.90 Å². The molecular weight excluding hydrogens is 221 g/mol. The number of rotatable bonds is 1. The Balaban J connectivity index is 2.37. The van der Waals surface area contributed by atoms with Crippen molar-refractivity contribution in [3.8, 4) is 0 Å². The van der Waals surface area contributed by atoms with Crippen LogP contribution in [0.3, 0.4) is 0 Å². The molecular formula is C9H9Cl2N3. The van der Waals surface area contributed by atoms with Crippen LogP contribution in [0, 0.1) is 0 Å². The van der Waals surface area contributed by atoms with E-state index < -0.39 is 0 Å². The molecule has 1 aromatic heterocycles. The van der Waals surface area contributed by atoms with Gasteiger partial charge in [0.25, 0.3) is 0 Å². The number of nitrogens with zero attached hydrogens (tertiary/aromatic N) is 3. The van der Waals surface area contributed by atoms with Crippen LogP contribution in [0.2, 0.25) is 10.2 Å². The lowest BCUT2D eigenvalue weighted by molar-refractivity contribution is 0.556. The normalized spacial score (nSPS) is 15.9. The van der Waals surface area contributed by atoms with Gasteiger partial charge in [-0.3, -0.25) is 4.99 Å². The van der Waals surface area contributed by atoms with Gasteiger partial charge in [-0.2, -0.15) is 0 Å². The number of aliphatic imine (C=N–C) groups is 1. The van der Waals surface area contributed by atoms with Crippen molar-refractivity contribution in [1.29, 1.82) is 0 Å². The molecule has 0 aromatic carbocycles. The summed E-state index contributed by atoms with van der Waals surface area (Å²) >= 11 is 11.6. The zero-order valence-corrected chi connectivity index (χ0v) is 9.18. The molecule has 14 heavy (non-hydrogen) atoms. The van der Waals surface area contributed by atoms with E-state index in [9.17, 15) is 0 Å². The maximum atomic E-state index is 5.87. The van der Waals surface area contributed by atoms with Crippen LogP contribution in [0.1, 0.15) is 5.56 Å². The van der Waals surface area contributed by atoms with Gasteiger partial charge in [-0.25, -0.2) is 4.98 Å². The molecule has 1 aliphatic heterocycles. The summed E-state index contributed by atoms with van der Waals surface area (Å²) in [5, 5.41) is 0.795. The second kappa shape index (κ2) is 3.75. The molecule has 3 nitrogen and oxygen atoms in total. The summed E-state index contributed by atoms with van der Waals surface area (Å²) in [6, 6.07) is 1.79. The minimum absolute atomic E-state index is 0.330. The molecule has 2 heterocycles. The molecule has 2 rings (SSSR count). The fourth-order valence-corrected chi connectivity index (χ4v) is 1.66. The van der Waals surface area contributed by atoms with Gasteiger partial charge >= 0.3 is 0 Å². The number of hydrogen-bond donors (Lipinski definition) is 0. The summed E-state index contributed by atoms with van der Waals surface area (Å²) in [6.07, 6.45) is 1.69. The third-order valence-corrected chi connectivity index (χ3v) is 2.80. The van der Waals surface area contributed by atoms with Crippen molar-refractivity contribution in [1.82, 2.24) is 9.88 Å². The maximum absolute atomic E-state index is 5.87. The smallest absolute Gasteiger partial charge is 0.147 e. The molecule has 1 aromatic rings. The van der Waals surface area contributed by atoms with Crippen LogP contribution in [0.4, 0.5) is 0 Å². The van der Waals surface area contributed by atoms with Gasteiger partial charge in [0.2, 0.25) is 0 Å². The Morgan fingerprint density at radius 3 is 2.79 bits per heavy atom. The largest absolute Gasteiger partial charge is 0.358 e. The Labute approximate surface area is 92.4 Å². The zero-order valence-electron chi connectivity index (χ0n) is 7.67. The van der Waals surface area contributed by atoms with Crippen molar-refractivity contribution in [3.05, 3.63) is 28.0 Å². The molecule has 0 saturated carbocycles. The summed E-state index contributed by atoms with van der Waals surface area (Å²) in [7, 11) is 1.99. The van der Waals surface area contributed by atoms with Gasteiger partial charge in [-0.15, -0.1) is 0 Å². The second-order valence-corrected chi connectivity index (χ2v) is 3.89. The molecule has 0 atom stereocenters. The SMILES string of the molecule is CN1CCN=C1c1cnc(Cl)c(Cl)c1. The van der Waals surface area contributed by atoms with Gasteiger partial charge in [-0.05, 0) is 6.07 Å². The van der Waals surface area contributed by atoms with Crippen molar-refractivity contribution in [2.45, 2.75) is 0 Å². The van der Waals surface area contributed by atoms with Crippen LogP contribution >= 0.6 is 23.2 Å². The van der Waals surface area contributed by atoms with Gasteiger partial charge in [0.1, 0.15) is 11.0 Å². The monoisotopic (exact) mass is 229 g/mol. The molecule has 74 valence electrons. The van der Waals surface area contributed by atoms with Crippen molar-refractivity contribution in [2.75, 3.05) is 20.1 Å². The lowest BCUT2D eigenvalue weighted by atomic mass is 10.2. The van der Waals surface area contributed by atoms with Gasteiger partial charge in [0, 0.05) is 25.4 Å². The van der Waals surface area contributed by atoms with Crippen LogP contribution in [0.5, 0.6) is 0 Å². The van der Waals surface area contributed by atoms with Crippen LogP contribution in [0.15, 0.2) is 17.3 Å². The number of hydrogen-bond acceptors (Lipinski definition) is 3. The van der Waals surface area contributed by atoms with E-state index in [1.165, 1.54) is 0 Å². The van der Waals surface area contributed by atoms with E-state index in [0.29, 0.717) is 10.2 Å². The summed E-state index contributed by atoms with van der Waals surface area (Å²) in [5.41, 5.74) is 0.916. The predicted molar refractivity (Wildman–Crippen MR) is 58.3 cm³/mol. The van der Waals surface area contributed by atoms with E-state index >= 15 is 0 Å². The van der Waals surface area contributed by atoms with Gasteiger partial charge in [0.05, 0.1) is 11.6 Å². The molecule has 0 aliphatic carbocycles. The Morgan fingerprint density at radius 2 is 2.21 bits per heavy atom. The Kier molecular flexibility index (Phi) is 2.61. The molecule has 0 N–H and O–H groups in total. The standard InChI is InChI=1S/C9H9Cl2N3/c1-14-3-2-12-9(14)6-4-7(10)8(11)13-5-6/h4-5H,2-3H2,1H3. The molecule has 0 amide bonds. The van der Waals surface area contributed by atoms with E-state index in [2.05, 4.69) is 14.9 Å². The van der Waals surface area contributed by atoms with Crippen LogP contribution < -0.4 is 0 Å². The van der Waals surface area contributed by atoms with Gasteiger partial charge in [-0.1, -0.05) is 23.2 Å². The first-order valence-electron chi connectivity index (χ1n) is 4.25. The van der Waals surface area contributed by atoms with Crippen molar-refractivity contribution in [2.24, 2.45) is 4.99 Å². The highest BCUT2D eigenvalue weighted by molar-refractivity contribution is 6.41. The summed E-state index contributed by atoms with van der Waals surface area (Å²) in [4.78, 5) is 10.4. The van der Waals surface area contributed by atoms with Crippen LogP contribution in [0.25, 0.3) is 0 Å². The molecule has 0 saturated heterocycles. The summed E-state index contributed by atoms with van der Waals surface area (Å²) in [5.74, 6) is 0.927. The highest BCUT2D eigenvalue weighted by Gasteiger charge is 2.15. The fraction of sp³-hybridized carbons (Fsp3) is 0.333. The molecule has 0 unspecified atom stereocenters. The summed E-state index contributed by atoms with van der Waals surface area (Å²) in [6.45, 7) is 1.77. The third kappa shape index (κ3) is 1.70. The first-order chi connectivity index (χ1) is 6.68. The Bertz CT molecular complexity index is 390. The quantitative estimate of drug-likeness (QED) is 0.691. The predicted octanol–water partition coefficient (Wildman–Crippen LogP) is 2.08. The molecule has 0 fully saturated rings. The third-order valence-electron chi connectivity index (χ3n) is 2.11. The minimum atomic E-state index is 0.330. The minimum Gasteiger partial charge on any atom is -0.358 e. The first-order valence-corrected chi connectivity index (χ1v) is 5.01. The molecule has 0 radical (unpaired) electrons. The zero-order chi connectivity index (χ0) is 10.1. The topological polar surface area (TPSA) is 28.5 Å². The van der Waals surface area contributed by atoms with Crippen LogP contribution in [-0.4, -0.2) is 35.9 Å². The first kappa shape index (κ1) is 9.74. The van der Waals surface area contributed by atoms with E-state index in [-0.39, 0.29) is 0 Å². The lowest BCUT2D eigenvalue weighted by Gasteiger charge is -2.13. The van der Waals surface area contributed by atoms with E-state index in [1.807, 2.05) is 7.05 Å². The molecule has 1 aliphatic rings. The van der Waals surface area contributed by atoms with Crippen LogP contribution in [-0.2, 0) is 0 Å². The Morgan fingerprint density at radius 1 is 1.43 bits per heavy atom. The van der Waals surface area contributed by atoms with Gasteiger partial charge in [0.15, 0.2) is 0 Å². The maximum Gasteiger partial charge on any atom is 0.147 e. The number of pyridine rings is 1. The highest BCUT2D eigenvalue weighted by atomic mass is 35.5. The van der Waals surface area contributed by atoms with Crippen molar-refractivity contribution >= 4 is 29.0 Å². The highest BCUT2D eigenvalue weighted by Crippen LogP contribution is 2.21. The van der Waals surface area contributed by atoms with E-state index in [1.54, 1.807) is 12.3 Å². The molecule has 0 bridgehead atoms. The number of likely N-dealkylation sites (N-methyl/N-ethyl adjacent to an activating group) is 1.